The van der Waals surface area contributed by atoms with E-state index in [0.717, 1.165) is 16.8 Å². The fourth-order valence-electron chi connectivity index (χ4n) is 4.88. The molecule has 3 saturated heterocycles. The van der Waals surface area contributed by atoms with Gasteiger partial charge < -0.3 is 28.4 Å². The molecule has 3 aliphatic rings. The van der Waals surface area contributed by atoms with E-state index in [1.54, 1.807) is 6.20 Å². The zero-order chi connectivity index (χ0) is 25.0. The van der Waals surface area contributed by atoms with Gasteiger partial charge in [0.1, 0.15) is 31.0 Å². The Labute approximate surface area is 205 Å². The molecule has 5 rings (SSSR count). The van der Waals surface area contributed by atoms with Crippen molar-refractivity contribution in [2.24, 2.45) is 0 Å². The minimum absolute atomic E-state index is 0.00973. The van der Waals surface area contributed by atoms with Crippen LogP contribution in [0.3, 0.4) is 0 Å². The fourth-order valence-corrected chi connectivity index (χ4v) is 4.88. The lowest BCUT2D eigenvalue weighted by atomic mass is 9.83. The molecule has 0 spiro atoms. The van der Waals surface area contributed by atoms with Crippen LogP contribution in [0.2, 0.25) is 0 Å². The van der Waals surface area contributed by atoms with Gasteiger partial charge in [-0.3, -0.25) is 9.78 Å². The van der Waals surface area contributed by atoms with Gasteiger partial charge in [0.25, 0.3) is 0 Å². The summed E-state index contributed by atoms with van der Waals surface area (Å²) >= 11 is 0. The summed E-state index contributed by atoms with van der Waals surface area (Å²) in [5, 5.41) is 0. The smallest absolute Gasteiger partial charge is 0.316 e. The maximum atomic E-state index is 13.3. The first-order valence-corrected chi connectivity index (χ1v) is 12.0. The topological polar surface area (TPSA) is 85.3 Å². The number of hydrogen-bond donors (Lipinski definition) is 0. The Morgan fingerprint density at radius 2 is 1.66 bits per heavy atom. The predicted molar refractivity (Wildman–Crippen MR) is 126 cm³/mol. The Hall–Kier alpha value is -2.36. The van der Waals surface area contributed by atoms with Crippen LogP contribution in [0.4, 0.5) is 0 Å². The Morgan fingerprint density at radius 1 is 0.943 bits per heavy atom. The molecule has 3 fully saturated rings. The zero-order valence-electron chi connectivity index (χ0n) is 21.0. The summed E-state index contributed by atoms with van der Waals surface area (Å²) in [7, 11) is 0. The van der Waals surface area contributed by atoms with E-state index in [2.05, 4.69) is 4.98 Å². The second-order valence-electron chi connectivity index (χ2n) is 10.7. The van der Waals surface area contributed by atoms with E-state index in [0.29, 0.717) is 0 Å². The summed E-state index contributed by atoms with van der Waals surface area (Å²) in [6, 6.07) is 13.6. The van der Waals surface area contributed by atoms with E-state index >= 15 is 0 Å². The molecule has 0 aliphatic carbocycles. The van der Waals surface area contributed by atoms with E-state index in [-0.39, 0.29) is 12.6 Å². The Balaban J connectivity index is 1.30. The van der Waals surface area contributed by atoms with E-state index in [1.807, 2.05) is 84.0 Å². The predicted octanol–water partition coefficient (Wildman–Crippen LogP) is 3.97. The number of pyridine rings is 1. The molecule has 0 saturated carbocycles. The number of ether oxygens (including phenoxy) is 6. The van der Waals surface area contributed by atoms with Gasteiger partial charge in [0.15, 0.2) is 17.9 Å². The number of carbonyl (C=O) groups is 1. The Bertz CT molecular complexity index is 1080. The lowest BCUT2D eigenvalue weighted by Crippen LogP contribution is -2.56. The number of benzene rings is 1. The van der Waals surface area contributed by atoms with Crippen molar-refractivity contribution in [3.8, 4) is 11.3 Å². The molecular formula is C27H33NO7. The normalized spacial score (nSPS) is 31.0. The van der Waals surface area contributed by atoms with Crippen molar-refractivity contribution < 1.29 is 33.2 Å². The first-order valence-electron chi connectivity index (χ1n) is 12.0. The van der Waals surface area contributed by atoms with Gasteiger partial charge in [-0.15, -0.1) is 0 Å². The lowest BCUT2D eigenvalue weighted by Gasteiger charge is -2.37. The summed E-state index contributed by atoms with van der Waals surface area (Å²) in [4.78, 5) is 17.7. The van der Waals surface area contributed by atoms with E-state index in [1.165, 1.54) is 0 Å². The van der Waals surface area contributed by atoms with Gasteiger partial charge >= 0.3 is 5.97 Å². The summed E-state index contributed by atoms with van der Waals surface area (Å²) < 4.78 is 36.2. The van der Waals surface area contributed by atoms with E-state index < -0.39 is 47.7 Å². The summed E-state index contributed by atoms with van der Waals surface area (Å²) in [5.74, 6) is -1.97. The van der Waals surface area contributed by atoms with Crippen LogP contribution in [0.25, 0.3) is 11.3 Å². The van der Waals surface area contributed by atoms with E-state index in [4.69, 9.17) is 28.4 Å². The van der Waals surface area contributed by atoms with Gasteiger partial charge in [-0.1, -0.05) is 24.3 Å². The molecule has 5 atom stereocenters. The maximum Gasteiger partial charge on any atom is 0.316 e. The summed E-state index contributed by atoms with van der Waals surface area (Å²) in [6.45, 7) is 11.1. The number of fused-ring (bicyclic) bond motifs is 3. The van der Waals surface area contributed by atoms with Gasteiger partial charge in [-0.25, -0.2) is 0 Å². The lowest BCUT2D eigenvalue weighted by molar-refractivity contribution is -0.242. The Kier molecular flexibility index (Phi) is 6.01. The summed E-state index contributed by atoms with van der Waals surface area (Å²) in [5.41, 5.74) is 1.73. The zero-order valence-corrected chi connectivity index (χ0v) is 21.0. The summed E-state index contributed by atoms with van der Waals surface area (Å²) in [6.07, 6.45) is -0.700. The third-order valence-corrected chi connectivity index (χ3v) is 6.68. The highest BCUT2D eigenvalue weighted by Crippen LogP contribution is 2.44. The van der Waals surface area contributed by atoms with Gasteiger partial charge in [0, 0.05) is 11.8 Å². The second kappa shape index (κ2) is 8.64. The van der Waals surface area contributed by atoms with Gasteiger partial charge in [-0.2, -0.15) is 0 Å². The standard InChI is InChI=1S/C27H33NO7/c1-25(2,17-11-9-10-16(14-17)18-12-7-8-13-28-18)24(29)30-15-19-20-21(33-26(3,4)32-20)22-23(31-19)35-27(5,6)34-22/h7-14,19-23H,15H2,1-6H3/t19?,20-,21-,22?,23?/m0/s1. The van der Waals surface area contributed by atoms with Crippen molar-refractivity contribution in [1.82, 2.24) is 4.98 Å². The second-order valence-corrected chi connectivity index (χ2v) is 10.7. The molecule has 188 valence electrons. The van der Waals surface area contributed by atoms with Crippen molar-refractivity contribution in [1.29, 1.82) is 0 Å². The molecule has 35 heavy (non-hydrogen) atoms. The molecular weight excluding hydrogens is 450 g/mol. The largest absolute Gasteiger partial charge is 0.462 e. The van der Waals surface area contributed by atoms with Crippen LogP contribution in [-0.2, 0) is 38.6 Å². The monoisotopic (exact) mass is 483 g/mol. The van der Waals surface area contributed by atoms with Crippen molar-refractivity contribution in [3.63, 3.8) is 0 Å². The molecule has 1 aromatic heterocycles. The molecule has 3 unspecified atom stereocenters. The molecule has 4 heterocycles. The molecule has 0 radical (unpaired) electrons. The van der Waals surface area contributed by atoms with Crippen LogP contribution in [0.5, 0.6) is 0 Å². The fraction of sp³-hybridized carbons (Fsp3) is 0.556. The van der Waals surface area contributed by atoms with Crippen LogP contribution < -0.4 is 0 Å². The van der Waals surface area contributed by atoms with Crippen molar-refractivity contribution in [2.45, 2.75) is 89.2 Å². The van der Waals surface area contributed by atoms with Crippen molar-refractivity contribution >= 4 is 5.97 Å². The van der Waals surface area contributed by atoms with E-state index in [9.17, 15) is 4.79 Å². The molecule has 2 aromatic rings. The number of hydrogen-bond acceptors (Lipinski definition) is 8. The van der Waals surface area contributed by atoms with Crippen LogP contribution in [-0.4, -0.2) is 59.8 Å². The maximum absolute atomic E-state index is 13.3. The van der Waals surface area contributed by atoms with Crippen LogP contribution in [0.15, 0.2) is 48.7 Å². The highest BCUT2D eigenvalue weighted by Gasteiger charge is 2.61. The number of aromatic nitrogens is 1. The molecule has 1 aromatic carbocycles. The molecule has 0 N–H and O–H groups in total. The molecule has 0 bridgehead atoms. The quantitative estimate of drug-likeness (QED) is 0.591. The number of rotatable bonds is 5. The van der Waals surface area contributed by atoms with Crippen molar-refractivity contribution in [2.75, 3.05) is 6.61 Å². The number of carbonyl (C=O) groups excluding carboxylic acids is 1. The first kappa shape index (κ1) is 24.3. The van der Waals surface area contributed by atoms with Crippen LogP contribution >= 0.6 is 0 Å². The molecule has 8 heteroatoms. The average molecular weight is 484 g/mol. The van der Waals surface area contributed by atoms with Gasteiger partial charge in [0.05, 0.1) is 11.1 Å². The minimum Gasteiger partial charge on any atom is -0.462 e. The van der Waals surface area contributed by atoms with Gasteiger partial charge in [0.2, 0.25) is 0 Å². The highest BCUT2D eigenvalue weighted by molar-refractivity contribution is 5.83. The van der Waals surface area contributed by atoms with Crippen LogP contribution in [0, 0.1) is 0 Å². The SMILES string of the molecule is CC1(C)OC2OC(COC(=O)C(C)(C)c3cccc(-c4ccccn4)c3)[C@@H]3OC(C)(C)O[C@@H]3C2O1. The number of nitrogens with zero attached hydrogens (tertiary/aromatic N) is 1. The van der Waals surface area contributed by atoms with Crippen LogP contribution in [0.1, 0.15) is 47.1 Å². The third-order valence-electron chi connectivity index (χ3n) is 6.68. The molecule has 3 aliphatic heterocycles. The highest BCUT2D eigenvalue weighted by atomic mass is 16.9. The Morgan fingerprint density at radius 3 is 2.40 bits per heavy atom. The first-order chi connectivity index (χ1) is 16.5. The van der Waals surface area contributed by atoms with Crippen molar-refractivity contribution in [3.05, 3.63) is 54.2 Å². The third kappa shape index (κ3) is 4.73. The average Bonchev–Trinajstić information content (AvgIpc) is 3.31. The molecule has 0 amide bonds. The minimum atomic E-state index is -0.886. The van der Waals surface area contributed by atoms with Gasteiger partial charge in [-0.05, 0) is 65.3 Å². The molecule has 8 nitrogen and oxygen atoms in total. The number of esters is 1.